The van der Waals surface area contributed by atoms with Gasteiger partial charge in [-0.2, -0.15) is 0 Å². The molecule has 3 N–H and O–H groups in total. The summed E-state index contributed by atoms with van der Waals surface area (Å²) in [5, 5.41) is 2.63. The van der Waals surface area contributed by atoms with Gasteiger partial charge in [0.05, 0.1) is 5.69 Å². The third-order valence-electron chi connectivity index (χ3n) is 3.20. The largest absolute Gasteiger partial charge is 0.370 e. The van der Waals surface area contributed by atoms with Crippen LogP contribution in [-0.2, 0) is 6.42 Å². The number of carbonyl (C=O) groups is 1. The van der Waals surface area contributed by atoms with E-state index in [9.17, 15) is 4.79 Å². The number of nitrogens with zero attached hydrogens (tertiary/aromatic N) is 2. The van der Waals surface area contributed by atoms with Gasteiger partial charge in [-0.25, -0.2) is 4.79 Å². The van der Waals surface area contributed by atoms with Crippen molar-refractivity contribution in [1.29, 1.82) is 0 Å². The fraction of sp³-hybridized carbons (Fsp3) is 0.500. The van der Waals surface area contributed by atoms with Gasteiger partial charge in [-0.3, -0.25) is 15.2 Å². The molecule has 0 atom stereocenters. The first-order valence-corrected chi connectivity index (χ1v) is 7.29. The van der Waals surface area contributed by atoms with E-state index in [4.69, 9.17) is 5.73 Å². The fourth-order valence-corrected chi connectivity index (χ4v) is 2.10. The molecule has 1 aromatic rings. The second-order valence-electron chi connectivity index (χ2n) is 5.55. The second-order valence-corrected chi connectivity index (χ2v) is 5.55. The van der Waals surface area contributed by atoms with E-state index in [1.807, 2.05) is 39.0 Å². The summed E-state index contributed by atoms with van der Waals surface area (Å²) in [5.41, 5.74) is 8.85. The SMILES string of the molecule is CCc1cccc(C)c1N(C)C(=O)NC(N)=NCC(C)C. The molecule has 0 spiro atoms. The number of hydrogen-bond donors (Lipinski definition) is 2. The highest BCUT2D eigenvalue weighted by molar-refractivity contribution is 6.03. The van der Waals surface area contributed by atoms with Crippen LogP contribution < -0.4 is 16.0 Å². The zero-order chi connectivity index (χ0) is 16.0. The third-order valence-corrected chi connectivity index (χ3v) is 3.20. The normalized spacial score (nSPS) is 11.6. The number of hydrogen-bond acceptors (Lipinski definition) is 2. The van der Waals surface area contributed by atoms with Crippen LogP contribution >= 0.6 is 0 Å². The summed E-state index contributed by atoms with van der Waals surface area (Å²) in [6.45, 7) is 8.76. The quantitative estimate of drug-likeness (QED) is 0.661. The van der Waals surface area contributed by atoms with Gasteiger partial charge in [0.2, 0.25) is 0 Å². The molecular weight excluding hydrogens is 264 g/mol. The summed E-state index contributed by atoms with van der Waals surface area (Å²) in [5.74, 6) is 0.563. The number of benzene rings is 1. The molecule has 5 heteroatoms. The summed E-state index contributed by atoms with van der Waals surface area (Å²) in [7, 11) is 1.74. The molecule has 0 heterocycles. The summed E-state index contributed by atoms with van der Waals surface area (Å²) in [6, 6.07) is 5.75. The molecule has 21 heavy (non-hydrogen) atoms. The Bertz CT molecular complexity index is 523. The first-order valence-electron chi connectivity index (χ1n) is 7.29. The van der Waals surface area contributed by atoms with Gasteiger partial charge in [0.15, 0.2) is 5.96 Å². The number of para-hydroxylation sites is 1. The van der Waals surface area contributed by atoms with Gasteiger partial charge in [-0.15, -0.1) is 0 Å². The average Bonchev–Trinajstić information content (AvgIpc) is 2.43. The van der Waals surface area contributed by atoms with E-state index in [1.54, 1.807) is 11.9 Å². The number of carbonyl (C=O) groups excluding carboxylic acids is 1. The minimum absolute atomic E-state index is 0.159. The molecular formula is C16H26N4O. The van der Waals surface area contributed by atoms with Crippen LogP contribution in [0.5, 0.6) is 0 Å². The molecule has 0 saturated heterocycles. The van der Waals surface area contributed by atoms with Crippen LogP contribution in [0.1, 0.15) is 31.9 Å². The molecule has 0 bridgehead atoms. The Balaban J connectivity index is 2.86. The van der Waals surface area contributed by atoms with Crippen molar-refractivity contribution in [2.24, 2.45) is 16.6 Å². The van der Waals surface area contributed by atoms with Crippen LogP contribution in [0.15, 0.2) is 23.2 Å². The summed E-state index contributed by atoms with van der Waals surface area (Å²) in [4.78, 5) is 18.0. The number of amides is 2. The molecule has 0 aliphatic rings. The van der Waals surface area contributed by atoms with E-state index in [-0.39, 0.29) is 12.0 Å². The standard InChI is InChI=1S/C16H26N4O/c1-6-13-9-7-8-12(4)14(13)20(5)16(21)19-15(17)18-10-11(2)3/h7-9,11H,6,10H2,1-5H3,(H3,17,18,19,21). The van der Waals surface area contributed by atoms with Crippen molar-refractivity contribution < 1.29 is 4.79 Å². The predicted molar refractivity (Wildman–Crippen MR) is 88.8 cm³/mol. The van der Waals surface area contributed by atoms with Gasteiger partial charge in [0, 0.05) is 13.6 Å². The minimum atomic E-state index is -0.274. The number of aryl methyl sites for hydroxylation is 2. The van der Waals surface area contributed by atoms with Crippen LogP contribution in [0.3, 0.4) is 0 Å². The lowest BCUT2D eigenvalue weighted by Gasteiger charge is -2.22. The Morgan fingerprint density at radius 1 is 1.43 bits per heavy atom. The first kappa shape index (κ1) is 17.0. The first-order chi connectivity index (χ1) is 9.86. The van der Waals surface area contributed by atoms with Crippen molar-refractivity contribution in [1.82, 2.24) is 5.32 Å². The molecule has 0 aliphatic carbocycles. The van der Waals surface area contributed by atoms with Gasteiger partial charge in [0.25, 0.3) is 0 Å². The highest BCUT2D eigenvalue weighted by Crippen LogP contribution is 2.24. The number of aliphatic imine (C=N–C) groups is 1. The van der Waals surface area contributed by atoms with E-state index in [0.29, 0.717) is 12.5 Å². The van der Waals surface area contributed by atoms with E-state index in [0.717, 1.165) is 23.2 Å². The Kier molecular flexibility index (Phi) is 6.21. The lowest BCUT2D eigenvalue weighted by atomic mass is 10.1. The fourth-order valence-electron chi connectivity index (χ4n) is 2.10. The number of urea groups is 1. The van der Waals surface area contributed by atoms with Crippen LogP contribution in [0.2, 0.25) is 0 Å². The molecule has 116 valence electrons. The van der Waals surface area contributed by atoms with Crippen molar-refractivity contribution in [3.8, 4) is 0 Å². The minimum Gasteiger partial charge on any atom is -0.370 e. The third kappa shape index (κ3) is 4.77. The van der Waals surface area contributed by atoms with E-state index < -0.39 is 0 Å². The number of nitrogens with one attached hydrogen (secondary N) is 1. The van der Waals surface area contributed by atoms with Crippen molar-refractivity contribution in [2.45, 2.75) is 34.1 Å². The van der Waals surface area contributed by atoms with Crippen LogP contribution in [0.4, 0.5) is 10.5 Å². The highest BCUT2D eigenvalue weighted by Gasteiger charge is 2.16. The molecule has 0 saturated carbocycles. The molecule has 1 aromatic carbocycles. The zero-order valence-corrected chi connectivity index (χ0v) is 13.6. The molecule has 0 aromatic heterocycles. The van der Waals surface area contributed by atoms with Gasteiger partial charge in [-0.05, 0) is 30.4 Å². The Morgan fingerprint density at radius 2 is 2.10 bits per heavy atom. The number of guanidine groups is 1. The Hall–Kier alpha value is -2.04. The van der Waals surface area contributed by atoms with Gasteiger partial charge in [0.1, 0.15) is 0 Å². The van der Waals surface area contributed by atoms with Crippen molar-refractivity contribution >= 4 is 17.7 Å². The predicted octanol–water partition coefficient (Wildman–Crippen LogP) is 2.67. The number of anilines is 1. The number of rotatable bonds is 4. The monoisotopic (exact) mass is 290 g/mol. The zero-order valence-electron chi connectivity index (χ0n) is 13.6. The highest BCUT2D eigenvalue weighted by atomic mass is 16.2. The van der Waals surface area contributed by atoms with E-state index in [1.165, 1.54) is 0 Å². The molecule has 0 unspecified atom stereocenters. The van der Waals surface area contributed by atoms with Gasteiger partial charge >= 0.3 is 6.03 Å². The maximum absolute atomic E-state index is 12.3. The molecule has 1 rings (SSSR count). The van der Waals surface area contributed by atoms with Crippen molar-refractivity contribution in [3.05, 3.63) is 29.3 Å². The average molecular weight is 290 g/mol. The molecule has 5 nitrogen and oxygen atoms in total. The van der Waals surface area contributed by atoms with Crippen molar-refractivity contribution in [3.63, 3.8) is 0 Å². The molecule has 0 radical (unpaired) electrons. The smallest absolute Gasteiger partial charge is 0.328 e. The Labute approximate surface area is 127 Å². The van der Waals surface area contributed by atoms with E-state index >= 15 is 0 Å². The number of nitrogens with two attached hydrogens (primary N) is 1. The maximum Gasteiger partial charge on any atom is 0.328 e. The van der Waals surface area contributed by atoms with Crippen molar-refractivity contribution in [2.75, 3.05) is 18.5 Å². The van der Waals surface area contributed by atoms with Crippen LogP contribution in [0, 0.1) is 12.8 Å². The second kappa shape index (κ2) is 7.67. The van der Waals surface area contributed by atoms with Gasteiger partial charge < -0.3 is 5.73 Å². The van der Waals surface area contributed by atoms with Gasteiger partial charge in [-0.1, -0.05) is 39.0 Å². The van der Waals surface area contributed by atoms with Crippen LogP contribution in [-0.4, -0.2) is 25.6 Å². The lowest BCUT2D eigenvalue weighted by molar-refractivity contribution is 0.251. The topological polar surface area (TPSA) is 70.7 Å². The van der Waals surface area contributed by atoms with E-state index in [2.05, 4.69) is 17.2 Å². The molecule has 0 aliphatic heterocycles. The van der Waals surface area contributed by atoms with Crippen LogP contribution in [0.25, 0.3) is 0 Å². The maximum atomic E-state index is 12.3. The Morgan fingerprint density at radius 3 is 2.67 bits per heavy atom. The molecule has 2 amide bonds. The molecule has 0 fully saturated rings. The summed E-state index contributed by atoms with van der Waals surface area (Å²) < 4.78 is 0. The summed E-state index contributed by atoms with van der Waals surface area (Å²) in [6.07, 6.45) is 0.867. The lowest BCUT2D eigenvalue weighted by Crippen LogP contribution is -2.45. The summed E-state index contributed by atoms with van der Waals surface area (Å²) >= 11 is 0.